The van der Waals surface area contributed by atoms with Crippen LogP contribution in [0.3, 0.4) is 0 Å². The van der Waals surface area contributed by atoms with Crippen LogP contribution < -0.4 is 9.47 Å². The Bertz CT molecular complexity index is 1660. The first kappa shape index (κ1) is 33.0. The third-order valence-electron chi connectivity index (χ3n) is 7.29. The summed E-state index contributed by atoms with van der Waals surface area (Å²) in [5, 5.41) is 0. The SMILES string of the molecule is CCC(=O)C(Cc1ccc(S(=O)(=O)N(Cc2ccc(OC)cc2)Cc2ccc(OC)cc2)cc1)C(=O)c1ccc(F)c(Br)c1. The van der Waals surface area contributed by atoms with E-state index in [2.05, 4.69) is 15.9 Å². The molecule has 0 saturated carbocycles. The van der Waals surface area contributed by atoms with Crippen molar-refractivity contribution in [3.63, 3.8) is 0 Å². The van der Waals surface area contributed by atoms with Crippen LogP contribution in [0, 0.1) is 11.7 Å². The molecule has 10 heteroatoms. The smallest absolute Gasteiger partial charge is 0.243 e. The fourth-order valence-electron chi connectivity index (χ4n) is 4.73. The number of carbonyl (C=O) groups is 2. The van der Waals surface area contributed by atoms with Crippen molar-refractivity contribution in [3.05, 3.63) is 124 Å². The molecular weight excluding hydrogens is 649 g/mol. The van der Waals surface area contributed by atoms with Crippen LogP contribution in [-0.4, -0.2) is 38.5 Å². The lowest BCUT2D eigenvalue weighted by atomic mass is 9.87. The Kier molecular flexibility index (Phi) is 11.1. The average molecular weight is 683 g/mol. The summed E-state index contributed by atoms with van der Waals surface area (Å²) < 4.78 is 53.7. The van der Waals surface area contributed by atoms with Gasteiger partial charge in [0.1, 0.15) is 23.1 Å². The number of carbonyl (C=O) groups excluding carboxylic acids is 2. The van der Waals surface area contributed by atoms with Crippen LogP contribution in [0.4, 0.5) is 4.39 Å². The number of rotatable bonds is 14. The average Bonchev–Trinajstić information content (AvgIpc) is 3.04. The normalized spacial score (nSPS) is 12.1. The second kappa shape index (κ2) is 14.7. The van der Waals surface area contributed by atoms with E-state index in [0.717, 1.165) is 11.1 Å². The third kappa shape index (κ3) is 7.99. The van der Waals surface area contributed by atoms with Crippen molar-refractivity contribution < 1.29 is 31.9 Å². The lowest BCUT2D eigenvalue weighted by molar-refractivity contribution is -0.121. The molecule has 0 spiro atoms. The van der Waals surface area contributed by atoms with Crippen molar-refractivity contribution in [1.29, 1.82) is 0 Å². The van der Waals surface area contributed by atoms with Gasteiger partial charge in [0.15, 0.2) is 5.78 Å². The van der Waals surface area contributed by atoms with Gasteiger partial charge in [-0.3, -0.25) is 9.59 Å². The summed E-state index contributed by atoms with van der Waals surface area (Å²) in [6.07, 6.45) is 0.235. The zero-order valence-electron chi connectivity index (χ0n) is 24.6. The standard InChI is InChI=1S/C34H33BrFNO6S/c1-4-33(38)30(34(39)26-11-18-32(36)31(35)20-26)19-23-9-16-29(17-10-23)44(40,41)37(21-24-5-12-27(42-2)13-6-24)22-25-7-14-28(43-3)15-8-25/h5-18,20,30H,4,19,21-22H2,1-3H3. The van der Waals surface area contributed by atoms with Crippen LogP contribution in [0.1, 0.15) is 40.4 Å². The summed E-state index contributed by atoms with van der Waals surface area (Å²) in [6, 6.07) is 24.5. The molecular formula is C34H33BrFNO6S. The predicted molar refractivity (Wildman–Crippen MR) is 170 cm³/mol. The second-order valence-corrected chi connectivity index (χ2v) is 13.0. The van der Waals surface area contributed by atoms with E-state index in [-0.39, 0.29) is 46.6 Å². The maximum absolute atomic E-state index is 14.0. The summed E-state index contributed by atoms with van der Waals surface area (Å²) in [5.74, 6) is -0.832. The first-order valence-electron chi connectivity index (χ1n) is 13.9. The number of nitrogens with zero attached hydrogens (tertiary/aromatic N) is 1. The van der Waals surface area contributed by atoms with Crippen LogP contribution in [0.25, 0.3) is 0 Å². The van der Waals surface area contributed by atoms with Gasteiger partial charge in [-0.1, -0.05) is 43.3 Å². The zero-order chi connectivity index (χ0) is 31.9. The van der Waals surface area contributed by atoms with Crippen LogP contribution >= 0.6 is 15.9 Å². The molecule has 0 fully saturated rings. The van der Waals surface area contributed by atoms with E-state index in [4.69, 9.17) is 9.47 Å². The Labute approximate surface area is 265 Å². The molecule has 4 aromatic carbocycles. The van der Waals surface area contributed by atoms with Crippen LogP contribution in [0.15, 0.2) is 100 Å². The molecule has 0 radical (unpaired) electrons. The van der Waals surface area contributed by atoms with Gasteiger partial charge in [0, 0.05) is 25.1 Å². The Morgan fingerprint density at radius 2 is 1.30 bits per heavy atom. The summed E-state index contributed by atoms with van der Waals surface area (Å²) in [7, 11) is -0.834. The van der Waals surface area contributed by atoms with E-state index in [0.29, 0.717) is 17.1 Å². The van der Waals surface area contributed by atoms with Crippen molar-refractivity contribution >= 4 is 37.5 Å². The summed E-state index contributed by atoms with van der Waals surface area (Å²) in [6.45, 7) is 1.92. The van der Waals surface area contributed by atoms with Gasteiger partial charge in [-0.2, -0.15) is 4.31 Å². The Morgan fingerprint density at radius 3 is 1.75 bits per heavy atom. The zero-order valence-corrected chi connectivity index (χ0v) is 27.0. The second-order valence-electron chi connectivity index (χ2n) is 10.2. The molecule has 0 saturated heterocycles. The highest BCUT2D eigenvalue weighted by molar-refractivity contribution is 9.10. The van der Waals surface area contributed by atoms with Crippen molar-refractivity contribution in [2.75, 3.05) is 14.2 Å². The number of benzene rings is 4. The largest absolute Gasteiger partial charge is 0.497 e. The van der Waals surface area contributed by atoms with Crippen molar-refractivity contribution in [2.45, 2.75) is 37.8 Å². The molecule has 1 atom stereocenters. The van der Waals surface area contributed by atoms with E-state index < -0.39 is 27.5 Å². The van der Waals surface area contributed by atoms with Crippen LogP contribution in [0.2, 0.25) is 0 Å². The molecule has 0 N–H and O–H groups in total. The quantitative estimate of drug-likeness (QED) is 0.105. The highest BCUT2D eigenvalue weighted by Crippen LogP contribution is 2.26. The van der Waals surface area contributed by atoms with Gasteiger partial charge in [-0.05, 0) is 93.6 Å². The van der Waals surface area contributed by atoms with Crippen LogP contribution in [-0.2, 0) is 34.3 Å². The van der Waals surface area contributed by atoms with E-state index in [1.54, 1.807) is 57.5 Å². The molecule has 0 amide bonds. The number of ketones is 2. The molecule has 0 aromatic heterocycles. The number of Topliss-reactive ketones (excluding diaryl/α,β-unsaturated/α-hetero) is 2. The van der Waals surface area contributed by atoms with Gasteiger partial charge in [0.25, 0.3) is 0 Å². The van der Waals surface area contributed by atoms with E-state index >= 15 is 0 Å². The third-order valence-corrected chi connectivity index (χ3v) is 9.71. The highest BCUT2D eigenvalue weighted by atomic mass is 79.9. The van der Waals surface area contributed by atoms with Crippen molar-refractivity contribution in [3.8, 4) is 11.5 Å². The molecule has 0 bridgehead atoms. The minimum atomic E-state index is -3.97. The number of hydrogen-bond donors (Lipinski definition) is 0. The lowest BCUT2D eigenvalue weighted by Crippen LogP contribution is -2.30. The minimum Gasteiger partial charge on any atom is -0.497 e. The van der Waals surface area contributed by atoms with E-state index in [9.17, 15) is 22.4 Å². The van der Waals surface area contributed by atoms with Crippen LogP contribution in [0.5, 0.6) is 11.5 Å². The Balaban J connectivity index is 1.60. The molecule has 230 valence electrons. The summed E-state index contributed by atoms with van der Waals surface area (Å²) in [5.41, 5.74) is 2.41. The number of halogens is 2. The van der Waals surface area contributed by atoms with E-state index in [1.807, 2.05) is 24.3 Å². The van der Waals surface area contributed by atoms with Gasteiger partial charge in [-0.25, -0.2) is 12.8 Å². The summed E-state index contributed by atoms with van der Waals surface area (Å²) in [4.78, 5) is 26.2. The highest BCUT2D eigenvalue weighted by Gasteiger charge is 2.29. The number of methoxy groups -OCH3 is 2. The summed E-state index contributed by atoms with van der Waals surface area (Å²) >= 11 is 3.09. The molecule has 1 unspecified atom stereocenters. The Hall–Kier alpha value is -3.86. The molecule has 44 heavy (non-hydrogen) atoms. The van der Waals surface area contributed by atoms with E-state index in [1.165, 1.54) is 34.6 Å². The van der Waals surface area contributed by atoms with Gasteiger partial charge in [0.05, 0.1) is 29.5 Å². The predicted octanol–water partition coefficient (Wildman–Crippen LogP) is 7.02. The molecule has 0 aliphatic carbocycles. The molecule has 4 rings (SSSR count). The molecule has 7 nitrogen and oxygen atoms in total. The number of ether oxygens (including phenoxy) is 2. The number of hydrogen-bond acceptors (Lipinski definition) is 6. The van der Waals surface area contributed by atoms with Gasteiger partial charge in [-0.15, -0.1) is 0 Å². The minimum absolute atomic E-state index is 0.0791. The Morgan fingerprint density at radius 1 is 0.795 bits per heavy atom. The van der Waals surface area contributed by atoms with Crippen molar-refractivity contribution in [1.82, 2.24) is 4.31 Å². The molecule has 4 aromatic rings. The lowest BCUT2D eigenvalue weighted by Gasteiger charge is -2.23. The van der Waals surface area contributed by atoms with Gasteiger partial charge >= 0.3 is 0 Å². The molecule has 0 aliphatic heterocycles. The topological polar surface area (TPSA) is 90.0 Å². The first-order valence-corrected chi connectivity index (χ1v) is 16.2. The van der Waals surface area contributed by atoms with Gasteiger partial charge < -0.3 is 9.47 Å². The molecule has 0 aliphatic rings. The fraction of sp³-hybridized carbons (Fsp3) is 0.235. The fourth-order valence-corrected chi connectivity index (χ4v) is 6.52. The first-order chi connectivity index (χ1) is 21.0. The number of sulfonamides is 1. The maximum Gasteiger partial charge on any atom is 0.243 e. The maximum atomic E-state index is 14.0. The monoisotopic (exact) mass is 681 g/mol. The van der Waals surface area contributed by atoms with Crippen molar-refractivity contribution in [2.24, 2.45) is 5.92 Å². The molecule has 0 heterocycles. The van der Waals surface area contributed by atoms with Gasteiger partial charge in [0.2, 0.25) is 10.0 Å².